The van der Waals surface area contributed by atoms with Gasteiger partial charge in [0.25, 0.3) is 5.91 Å². The second kappa shape index (κ2) is 4.91. The standard InChI is InChI=1S/C13H16N4O/c1-9-11(4-3-5-12(9)14)13(18)15-8-10-6-7-17(2)16-10/h3-7H,8,14H2,1-2H3,(H,15,18). The Bertz CT molecular complexity index is 574. The highest BCUT2D eigenvalue weighted by Crippen LogP contribution is 2.15. The lowest BCUT2D eigenvalue weighted by Gasteiger charge is -2.08. The first-order valence-electron chi connectivity index (χ1n) is 5.69. The third-order valence-electron chi connectivity index (χ3n) is 2.82. The molecule has 1 aromatic heterocycles. The van der Waals surface area contributed by atoms with Crippen molar-refractivity contribution >= 4 is 11.6 Å². The highest BCUT2D eigenvalue weighted by molar-refractivity contribution is 5.96. The van der Waals surface area contributed by atoms with Crippen molar-refractivity contribution in [3.8, 4) is 0 Å². The zero-order chi connectivity index (χ0) is 13.1. The lowest BCUT2D eigenvalue weighted by Crippen LogP contribution is -2.24. The van der Waals surface area contributed by atoms with Crippen molar-refractivity contribution in [1.29, 1.82) is 0 Å². The van der Waals surface area contributed by atoms with E-state index in [1.807, 2.05) is 26.2 Å². The van der Waals surface area contributed by atoms with Gasteiger partial charge in [0.05, 0.1) is 12.2 Å². The SMILES string of the molecule is Cc1c(N)cccc1C(=O)NCc1ccn(C)n1. The average molecular weight is 244 g/mol. The van der Waals surface area contributed by atoms with Gasteiger partial charge in [-0.15, -0.1) is 0 Å². The van der Waals surface area contributed by atoms with Crippen molar-refractivity contribution in [2.75, 3.05) is 5.73 Å². The number of carbonyl (C=O) groups excluding carboxylic acids is 1. The summed E-state index contributed by atoms with van der Waals surface area (Å²) in [5, 5.41) is 7.02. The minimum absolute atomic E-state index is 0.134. The molecule has 0 aliphatic carbocycles. The fraction of sp³-hybridized carbons (Fsp3) is 0.231. The molecular weight excluding hydrogens is 228 g/mol. The molecule has 0 spiro atoms. The molecule has 0 aliphatic heterocycles. The number of rotatable bonds is 3. The van der Waals surface area contributed by atoms with Crippen LogP contribution in [-0.2, 0) is 13.6 Å². The molecule has 0 saturated heterocycles. The predicted molar refractivity (Wildman–Crippen MR) is 70.0 cm³/mol. The molecule has 2 rings (SSSR count). The van der Waals surface area contributed by atoms with E-state index in [2.05, 4.69) is 10.4 Å². The number of nitrogens with one attached hydrogen (secondary N) is 1. The van der Waals surface area contributed by atoms with Crippen molar-refractivity contribution in [1.82, 2.24) is 15.1 Å². The van der Waals surface area contributed by atoms with E-state index in [1.165, 1.54) is 0 Å². The lowest BCUT2D eigenvalue weighted by molar-refractivity contribution is 0.0950. The molecule has 0 fully saturated rings. The number of hydrogen-bond donors (Lipinski definition) is 2. The van der Waals surface area contributed by atoms with Gasteiger partial charge < -0.3 is 11.1 Å². The Balaban J connectivity index is 2.06. The van der Waals surface area contributed by atoms with E-state index in [-0.39, 0.29) is 5.91 Å². The van der Waals surface area contributed by atoms with Crippen LogP contribution in [0.15, 0.2) is 30.5 Å². The van der Waals surface area contributed by atoms with Crippen LogP contribution in [0.3, 0.4) is 0 Å². The highest BCUT2D eigenvalue weighted by atomic mass is 16.1. The molecule has 0 aliphatic rings. The summed E-state index contributed by atoms with van der Waals surface area (Å²) in [6.45, 7) is 2.25. The van der Waals surface area contributed by atoms with Gasteiger partial charge in [-0.1, -0.05) is 6.07 Å². The Morgan fingerprint density at radius 3 is 2.89 bits per heavy atom. The van der Waals surface area contributed by atoms with Gasteiger partial charge in [-0.3, -0.25) is 9.48 Å². The maximum absolute atomic E-state index is 12.0. The minimum Gasteiger partial charge on any atom is -0.398 e. The van der Waals surface area contributed by atoms with Gasteiger partial charge in [0.15, 0.2) is 0 Å². The van der Waals surface area contributed by atoms with Crippen LogP contribution in [0.5, 0.6) is 0 Å². The zero-order valence-corrected chi connectivity index (χ0v) is 10.5. The number of carbonyl (C=O) groups is 1. The van der Waals surface area contributed by atoms with Crippen LogP contribution in [-0.4, -0.2) is 15.7 Å². The van der Waals surface area contributed by atoms with Crippen molar-refractivity contribution in [2.45, 2.75) is 13.5 Å². The fourth-order valence-corrected chi connectivity index (χ4v) is 1.72. The Labute approximate surface area is 106 Å². The molecule has 94 valence electrons. The molecule has 0 saturated carbocycles. The van der Waals surface area contributed by atoms with Crippen LogP contribution in [0.2, 0.25) is 0 Å². The maximum Gasteiger partial charge on any atom is 0.251 e. The summed E-state index contributed by atoms with van der Waals surface area (Å²) in [6, 6.07) is 7.19. The van der Waals surface area contributed by atoms with Gasteiger partial charge in [0, 0.05) is 24.5 Å². The molecule has 3 N–H and O–H groups in total. The van der Waals surface area contributed by atoms with Crippen molar-refractivity contribution in [3.63, 3.8) is 0 Å². The Morgan fingerprint density at radius 1 is 1.44 bits per heavy atom. The first kappa shape index (κ1) is 12.2. The summed E-state index contributed by atoms with van der Waals surface area (Å²) >= 11 is 0. The van der Waals surface area contributed by atoms with Crippen molar-refractivity contribution < 1.29 is 4.79 Å². The van der Waals surface area contributed by atoms with Gasteiger partial charge in [-0.25, -0.2) is 0 Å². The summed E-state index contributed by atoms with van der Waals surface area (Å²) in [4.78, 5) is 12.0. The van der Waals surface area contributed by atoms with Crippen LogP contribution >= 0.6 is 0 Å². The summed E-state index contributed by atoms with van der Waals surface area (Å²) in [5.74, 6) is -0.134. The molecule has 0 atom stereocenters. The average Bonchev–Trinajstić information content (AvgIpc) is 2.76. The number of aromatic nitrogens is 2. The lowest BCUT2D eigenvalue weighted by atomic mass is 10.1. The molecule has 2 aromatic rings. The molecule has 1 aromatic carbocycles. The van der Waals surface area contributed by atoms with Crippen LogP contribution in [0.25, 0.3) is 0 Å². The normalized spacial score (nSPS) is 10.3. The highest BCUT2D eigenvalue weighted by Gasteiger charge is 2.10. The molecule has 5 nitrogen and oxygen atoms in total. The Kier molecular flexibility index (Phi) is 3.32. The molecule has 0 radical (unpaired) electrons. The van der Waals surface area contributed by atoms with E-state index in [0.29, 0.717) is 17.8 Å². The summed E-state index contributed by atoms with van der Waals surface area (Å²) in [5.41, 5.74) is 8.63. The summed E-state index contributed by atoms with van der Waals surface area (Å²) in [7, 11) is 1.84. The summed E-state index contributed by atoms with van der Waals surface area (Å²) < 4.78 is 1.70. The molecule has 0 unspecified atom stereocenters. The molecule has 18 heavy (non-hydrogen) atoms. The smallest absolute Gasteiger partial charge is 0.251 e. The van der Waals surface area contributed by atoms with Gasteiger partial charge in [-0.05, 0) is 30.7 Å². The van der Waals surface area contributed by atoms with Gasteiger partial charge in [0.2, 0.25) is 0 Å². The topological polar surface area (TPSA) is 72.9 Å². The second-order valence-electron chi connectivity index (χ2n) is 4.18. The quantitative estimate of drug-likeness (QED) is 0.798. The Morgan fingerprint density at radius 2 is 2.22 bits per heavy atom. The van der Waals surface area contributed by atoms with Crippen LogP contribution < -0.4 is 11.1 Å². The number of hydrogen-bond acceptors (Lipinski definition) is 3. The van der Waals surface area contributed by atoms with E-state index in [0.717, 1.165) is 11.3 Å². The van der Waals surface area contributed by atoms with Crippen LogP contribution in [0.4, 0.5) is 5.69 Å². The molecular formula is C13H16N4O. The van der Waals surface area contributed by atoms with E-state index in [1.54, 1.807) is 22.9 Å². The van der Waals surface area contributed by atoms with Gasteiger partial charge in [-0.2, -0.15) is 5.10 Å². The number of benzene rings is 1. The number of nitrogens with two attached hydrogens (primary N) is 1. The molecule has 1 amide bonds. The van der Waals surface area contributed by atoms with Crippen molar-refractivity contribution in [2.24, 2.45) is 7.05 Å². The third-order valence-corrected chi connectivity index (χ3v) is 2.82. The fourth-order valence-electron chi connectivity index (χ4n) is 1.72. The number of amides is 1. The first-order valence-corrected chi connectivity index (χ1v) is 5.69. The van der Waals surface area contributed by atoms with E-state index >= 15 is 0 Å². The van der Waals surface area contributed by atoms with Crippen LogP contribution in [0, 0.1) is 6.92 Å². The number of nitrogen functional groups attached to an aromatic ring is 1. The summed E-state index contributed by atoms with van der Waals surface area (Å²) in [6.07, 6.45) is 1.84. The number of aryl methyl sites for hydroxylation is 1. The van der Waals surface area contributed by atoms with E-state index < -0.39 is 0 Å². The molecule has 1 heterocycles. The molecule has 0 bridgehead atoms. The first-order chi connectivity index (χ1) is 8.58. The second-order valence-corrected chi connectivity index (χ2v) is 4.18. The maximum atomic E-state index is 12.0. The number of anilines is 1. The van der Waals surface area contributed by atoms with Gasteiger partial charge >= 0.3 is 0 Å². The number of nitrogens with zero attached hydrogens (tertiary/aromatic N) is 2. The largest absolute Gasteiger partial charge is 0.398 e. The molecule has 5 heteroatoms. The zero-order valence-electron chi connectivity index (χ0n) is 10.5. The Hall–Kier alpha value is -2.30. The minimum atomic E-state index is -0.134. The van der Waals surface area contributed by atoms with Crippen molar-refractivity contribution in [3.05, 3.63) is 47.3 Å². The van der Waals surface area contributed by atoms with Crippen LogP contribution in [0.1, 0.15) is 21.6 Å². The van der Waals surface area contributed by atoms with E-state index in [4.69, 9.17) is 5.73 Å². The third kappa shape index (κ3) is 2.51. The monoisotopic (exact) mass is 244 g/mol. The predicted octanol–water partition coefficient (Wildman–Crippen LogP) is 1.24. The van der Waals surface area contributed by atoms with Gasteiger partial charge in [0.1, 0.15) is 0 Å². The van der Waals surface area contributed by atoms with E-state index in [9.17, 15) is 4.79 Å².